The number of aliphatic hydroxyl groups is 1. The van der Waals surface area contributed by atoms with Crippen molar-refractivity contribution < 1.29 is 5.11 Å². The van der Waals surface area contributed by atoms with Crippen molar-refractivity contribution in [3.63, 3.8) is 0 Å². The Kier molecular flexibility index (Phi) is 6.32. The van der Waals surface area contributed by atoms with E-state index in [1.54, 1.807) is 0 Å². The molecule has 0 amide bonds. The molecule has 0 radical (unpaired) electrons. The summed E-state index contributed by atoms with van der Waals surface area (Å²) in [7, 11) is 0. The molecule has 0 aromatic heterocycles. The Bertz CT molecular complexity index is 179. The van der Waals surface area contributed by atoms with Gasteiger partial charge >= 0.3 is 0 Å². The molecule has 0 spiro atoms. The first kappa shape index (κ1) is 13.9. The van der Waals surface area contributed by atoms with E-state index >= 15 is 0 Å². The van der Waals surface area contributed by atoms with Crippen LogP contribution in [0.1, 0.15) is 40.0 Å². The Morgan fingerprint density at radius 1 is 1.38 bits per heavy atom. The molecule has 0 aromatic rings. The second kappa shape index (κ2) is 7.25. The molecule has 1 aliphatic rings. The first-order valence-electron chi connectivity index (χ1n) is 6.75. The Morgan fingerprint density at radius 2 is 2.12 bits per heavy atom. The van der Waals surface area contributed by atoms with Crippen LogP contribution in [0.2, 0.25) is 0 Å². The second-order valence-electron chi connectivity index (χ2n) is 5.47. The second-order valence-corrected chi connectivity index (χ2v) is 5.47. The van der Waals surface area contributed by atoms with Crippen LogP contribution in [0.3, 0.4) is 0 Å². The number of rotatable bonds is 7. The molecular weight excluding hydrogens is 200 g/mol. The van der Waals surface area contributed by atoms with E-state index in [2.05, 4.69) is 24.1 Å². The summed E-state index contributed by atoms with van der Waals surface area (Å²) in [5, 5.41) is 13.3. The van der Waals surface area contributed by atoms with Gasteiger partial charge in [-0.05, 0) is 31.7 Å². The lowest BCUT2D eigenvalue weighted by Gasteiger charge is -2.28. The predicted molar refractivity (Wildman–Crippen MR) is 68.6 cm³/mol. The van der Waals surface area contributed by atoms with E-state index in [0.717, 1.165) is 32.6 Å². The van der Waals surface area contributed by atoms with E-state index in [9.17, 15) is 5.11 Å². The van der Waals surface area contributed by atoms with Crippen LogP contribution in [-0.4, -0.2) is 48.3 Å². The fraction of sp³-hybridized carbons (Fsp3) is 1.00. The Hall–Kier alpha value is -0.120. The maximum Gasteiger partial charge on any atom is 0.0664 e. The van der Waals surface area contributed by atoms with Crippen LogP contribution < -0.4 is 5.32 Å². The van der Waals surface area contributed by atoms with Crippen molar-refractivity contribution in [1.29, 1.82) is 0 Å². The highest BCUT2D eigenvalue weighted by Gasteiger charge is 2.19. The predicted octanol–water partition coefficient (Wildman–Crippen LogP) is 1.47. The number of hydrogen-bond acceptors (Lipinski definition) is 3. The van der Waals surface area contributed by atoms with E-state index in [0.29, 0.717) is 12.0 Å². The Morgan fingerprint density at radius 3 is 2.62 bits per heavy atom. The molecule has 2 unspecified atom stereocenters. The highest BCUT2D eigenvalue weighted by atomic mass is 16.3. The fourth-order valence-corrected chi connectivity index (χ4v) is 2.39. The average molecular weight is 228 g/mol. The van der Waals surface area contributed by atoms with Gasteiger partial charge in [-0.25, -0.2) is 0 Å². The normalized spacial score (nSPS) is 23.2. The molecule has 1 rings (SSSR count). The summed E-state index contributed by atoms with van der Waals surface area (Å²) in [6, 6.07) is 0.641. The van der Waals surface area contributed by atoms with Crippen molar-refractivity contribution >= 4 is 0 Å². The maximum absolute atomic E-state index is 9.75. The molecule has 0 aromatic carbocycles. The number of hydrogen-bond donors (Lipinski definition) is 2. The van der Waals surface area contributed by atoms with Gasteiger partial charge in [0.25, 0.3) is 0 Å². The van der Waals surface area contributed by atoms with Crippen molar-refractivity contribution in [2.45, 2.75) is 52.2 Å². The standard InChI is InChI=1S/C13H28N2O/c1-4-13(16)10-15(8-11(2)3)9-12-6-5-7-14-12/h11-14,16H,4-10H2,1-3H3. The average Bonchev–Trinajstić information content (AvgIpc) is 2.69. The molecule has 2 N–H and O–H groups in total. The Labute approximate surface area is 100 Å². The lowest BCUT2D eigenvalue weighted by atomic mass is 10.1. The number of nitrogens with zero attached hydrogens (tertiary/aromatic N) is 1. The van der Waals surface area contributed by atoms with Gasteiger partial charge in [0.2, 0.25) is 0 Å². The van der Waals surface area contributed by atoms with Crippen LogP contribution in [0.15, 0.2) is 0 Å². The summed E-state index contributed by atoms with van der Waals surface area (Å²) in [6.07, 6.45) is 3.28. The van der Waals surface area contributed by atoms with Crippen molar-refractivity contribution in [2.24, 2.45) is 5.92 Å². The SMILES string of the molecule is CCC(O)CN(CC(C)C)CC1CCCN1. The third-order valence-corrected chi connectivity index (χ3v) is 3.20. The zero-order valence-corrected chi connectivity index (χ0v) is 11.1. The molecule has 2 atom stereocenters. The van der Waals surface area contributed by atoms with Gasteiger partial charge in [0.15, 0.2) is 0 Å². The molecule has 1 aliphatic heterocycles. The van der Waals surface area contributed by atoms with Crippen LogP contribution in [0, 0.1) is 5.92 Å². The maximum atomic E-state index is 9.75. The summed E-state index contributed by atoms with van der Waals surface area (Å²) in [5.74, 6) is 0.672. The molecule has 16 heavy (non-hydrogen) atoms. The van der Waals surface area contributed by atoms with Crippen LogP contribution in [0.5, 0.6) is 0 Å². The van der Waals surface area contributed by atoms with Gasteiger partial charge in [-0.3, -0.25) is 4.90 Å². The zero-order valence-electron chi connectivity index (χ0n) is 11.1. The van der Waals surface area contributed by atoms with Gasteiger partial charge in [-0.2, -0.15) is 0 Å². The summed E-state index contributed by atoms with van der Waals surface area (Å²) in [5.41, 5.74) is 0. The molecule has 1 heterocycles. The molecular formula is C13H28N2O. The third kappa shape index (κ3) is 5.28. The van der Waals surface area contributed by atoms with Crippen LogP contribution >= 0.6 is 0 Å². The largest absolute Gasteiger partial charge is 0.392 e. The van der Waals surface area contributed by atoms with Gasteiger partial charge in [0.1, 0.15) is 0 Å². The third-order valence-electron chi connectivity index (χ3n) is 3.20. The van der Waals surface area contributed by atoms with Gasteiger partial charge in [-0.1, -0.05) is 20.8 Å². The van der Waals surface area contributed by atoms with E-state index < -0.39 is 0 Å². The molecule has 1 fully saturated rings. The van der Waals surface area contributed by atoms with Crippen molar-refractivity contribution in [2.75, 3.05) is 26.2 Å². The topological polar surface area (TPSA) is 35.5 Å². The van der Waals surface area contributed by atoms with Crippen LogP contribution in [0.25, 0.3) is 0 Å². The fourth-order valence-electron chi connectivity index (χ4n) is 2.39. The highest BCUT2D eigenvalue weighted by Crippen LogP contribution is 2.09. The molecule has 0 aliphatic carbocycles. The summed E-state index contributed by atoms with van der Waals surface area (Å²) >= 11 is 0. The van der Waals surface area contributed by atoms with Crippen LogP contribution in [-0.2, 0) is 0 Å². The van der Waals surface area contributed by atoms with E-state index in [4.69, 9.17) is 0 Å². The minimum absolute atomic E-state index is 0.167. The van der Waals surface area contributed by atoms with Crippen molar-refractivity contribution in [3.05, 3.63) is 0 Å². The van der Waals surface area contributed by atoms with E-state index in [-0.39, 0.29) is 6.10 Å². The summed E-state index contributed by atoms with van der Waals surface area (Å²) in [6.45, 7) is 10.7. The van der Waals surface area contributed by atoms with E-state index in [1.807, 2.05) is 6.92 Å². The highest BCUT2D eigenvalue weighted by molar-refractivity contribution is 4.79. The minimum atomic E-state index is -0.167. The number of nitrogens with one attached hydrogen (secondary N) is 1. The van der Waals surface area contributed by atoms with E-state index in [1.165, 1.54) is 12.8 Å². The minimum Gasteiger partial charge on any atom is -0.392 e. The van der Waals surface area contributed by atoms with Crippen LogP contribution in [0.4, 0.5) is 0 Å². The van der Waals surface area contributed by atoms with Gasteiger partial charge in [0, 0.05) is 25.7 Å². The number of aliphatic hydroxyl groups excluding tert-OH is 1. The summed E-state index contributed by atoms with van der Waals surface area (Å²) < 4.78 is 0. The monoisotopic (exact) mass is 228 g/mol. The van der Waals surface area contributed by atoms with Gasteiger partial charge < -0.3 is 10.4 Å². The first-order valence-corrected chi connectivity index (χ1v) is 6.75. The lowest BCUT2D eigenvalue weighted by Crippen LogP contribution is -2.42. The van der Waals surface area contributed by atoms with Gasteiger partial charge in [-0.15, -0.1) is 0 Å². The first-order chi connectivity index (χ1) is 7.61. The lowest BCUT2D eigenvalue weighted by molar-refractivity contribution is 0.0977. The van der Waals surface area contributed by atoms with Crippen molar-refractivity contribution in [3.8, 4) is 0 Å². The smallest absolute Gasteiger partial charge is 0.0664 e. The molecule has 1 saturated heterocycles. The zero-order chi connectivity index (χ0) is 12.0. The molecule has 3 heteroatoms. The quantitative estimate of drug-likeness (QED) is 0.692. The molecule has 0 bridgehead atoms. The summed E-state index contributed by atoms with van der Waals surface area (Å²) in [4.78, 5) is 2.42. The molecule has 96 valence electrons. The molecule has 3 nitrogen and oxygen atoms in total. The van der Waals surface area contributed by atoms with Gasteiger partial charge in [0.05, 0.1) is 6.10 Å². The van der Waals surface area contributed by atoms with Crippen molar-refractivity contribution in [1.82, 2.24) is 10.2 Å². The molecule has 0 saturated carbocycles. The Balaban J connectivity index is 2.35.